The van der Waals surface area contributed by atoms with Crippen molar-refractivity contribution in [2.45, 2.75) is 6.18 Å². The smallest absolute Gasteiger partial charge is 0.369 e. The second kappa shape index (κ2) is 6.72. The molecule has 0 bridgehead atoms. The van der Waals surface area contributed by atoms with Gasteiger partial charge in [-0.2, -0.15) is 22.8 Å². The number of likely N-dealkylation sites (N-methyl/N-ethyl adjacent to an activating group) is 1. The largest absolute Gasteiger partial charge is 0.416 e. The average molecular weight is 349 g/mol. The van der Waals surface area contributed by atoms with E-state index in [0.717, 1.165) is 24.5 Å². The first-order valence-corrected chi connectivity index (χ1v) is 7.75. The molecule has 3 rings (SSSR count). The summed E-state index contributed by atoms with van der Waals surface area (Å²) in [5, 5.41) is 7.54. The molecule has 0 saturated carbocycles. The maximum atomic E-state index is 12.9. The second-order valence-corrected chi connectivity index (χ2v) is 5.93. The summed E-state index contributed by atoms with van der Waals surface area (Å²) >= 11 is 0. The zero-order chi connectivity index (χ0) is 18.0. The Morgan fingerprint density at radius 3 is 2.72 bits per heavy atom. The van der Waals surface area contributed by atoms with Crippen molar-refractivity contribution in [2.24, 2.45) is 0 Å². The summed E-state index contributed by atoms with van der Waals surface area (Å²) in [6, 6.07) is 6.97. The van der Waals surface area contributed by atoms with Crippen LogP contribution in [0.25, 0.3) is 16.8 Å². The number of anilines is 1. The Balaban J connectivity index is 1.96. The van der Waals surface area contributed by atoms with Crippen molar-refractivity contribution in [3.8, 4) is 11.1 Å². The van der Waals surface area contributed by atoms with Crippen LogP contribution in [0.15, 0.2) is 42.7 Å². The molecule has 1 aromatic carbocycles. The van der Waals surface area contributed by atoms with Gasteiger partial charge in [-0.25, -0.2) is 4.98 Å². The van der Waals surface area contributed by atoms with Gasteiger partial charge in [0.15, 0.2) is 5.65 Å². The van der Waals surface area contributed by atoms with Crippen molar-refractivity contribution in [1.82, 2.24) is 19.5 Å². The van der Waals surface area contributed by atoms with E-state index in [1.165, 1.54) is 12.3 Å². The molecular weight excluding hydrogens is 331 g/mol. The quantitative estimate of drug-likeness (QED) is 0.767. The van der Waals surface area contributed by atoms with Crippen LogP contribution in [0.2, 0.25) is 0 Å². The summed E-state index contributed by atoms with van der Waals surface area (Å²) in [7, 11) is 3.95. The normalized spacial score (nSPS) is 12.1. The Hall–Kier alpha value is -2.61. The molecule has 132 valence electrons. The van der Waals surface area contributed by atoms with Crippen molar-refractivity contribution in [3.05, 3.63) is 48.3 Å². The Labute approximate surface area is 143 Å². The van der Waals surface area contributed by atoms with Crippen molar-refractivity contribution < 1.29 is 13.2 Å². The van der Waals surface area contributed by atoms with Crippen molar-refractivity contribution in [1.29, 1.82) is 0 Å². The standard InChI is InChI=1S/C17H18F3N5/c1-24(2)9-8-21-15-6-7-22-16-14(11-23-25(15)16)12-4-3-5-13(10-12)17(18,19)20/h3-7,10-11,21H,8-9H2,1-2H3. The predicted molar refractivity (Wildman–Crippen MR) is 90.5 cm³/mol. The molecule has 0 unspecified atom stereocenters. The van der Waals surface area contributed by atoms with E-state index in [0.29, 0.717) is 23.3 Å². The molecule has 1 N–H and O–H groups in total. The zero-order valence-corrected chi connectivity index (χ0v) is 13.9. The number of aromatic nitrogens is 3. The van der Waals surface area contributed by atoms with E-state index in [2.05, 4.69) is 15.4 Å². The number of benzene rings is 1. The number of hydrogen-bond acceptors (Lipinski definition) is 4. The second-order valence-electron chi connectivity index (χ2n) is 5.93. The van der Waals surface area contributed by atoms with Crippen LogP contribution in [0.3, 0.4) is 0 Å². The third-order valence-corrected chi connectivity index (χ3v) is 3.77. The summed E-state index contributed by atoms with van der Waals surface area (Å²) in [5.41, 5.74) is 0.809. The number of hydrogen-bond donors (Lipinski definition) is 1. The number of nitrogens with zero attached hydrogens (tertiary/aromatic N) is 4. The van der Waals surface area contributed by atoms with Crippen molar-refractivity contribution in [3.63, 3.8) is 0 Å². The van der Waals surface area contributed by atoms with Crippen LogP contribution in [0.5, 0.6) is 0 Å². The van der Waals surface area contributed by atoms with Crippen LogP contribution < -0.4 is 5.32 Å². The van der Waals surface area contributed by atoms with Crippen molar-refractivity contribution >= 4 is 11.5 Å². The highest BCUT2D eigenvalue weighted by Crippen LogP contribution is 2.33. The molecule has 0 atom stereocenters. The molecular formula is C17H18F3N5. The van der Waals surface area contributed by atoms with Crippen molar-refractivity contribution in [2.75, 3.05) is 32.5 Å². The molecule has 25 heavy (non-hydrogen) atoms. The Morgan fingerprint density at radius 2 is 2.00 bits per heavy atom. The van der Waals surface area contributed by atoms with Gasteiger partial charge in [-0.15, -0.1) is 0 Å². The number of alkyl halides is 3. The lowest BCUT2D eigenvalue weighted by Crippen LogP contribution is -2.21. The molecule has 0 saturated heterocycles. The maximum absolute atomic E-state index is 12.9. The van der Waals surface area contributed by atoms with Gasteiger partial charge in [0.25, 0.3) is 0 Å². The van der Waals surface area contributed by atoms with E-state index in [-0.39, 0.29) is 0 Å². The van der Waals surface area contributed by atoms with E-state index in [1.54, 1.807) is 22.8 Å². The van der Waals surface area contributed by atoms with Gasteiger partial charge in [0.2, 0.25) is 0 Å². The highest BCUT2D eigenvalue weighted by atomic mass is 19.4. The van der Waals surface area contributed by atoms with Crippen LogP contribution in [-0.4, -0.2) is 46.7 Å². The van der Waals surface area contributed by atoms with E-state index in [1.807, 2.05) is 19.0 Å². The van der Waals surface area contributed by atoms with E-state index in [4.69, 9.17) is 0 Å². The molecule has 8 heteroatoms. The van der Waals surface area contributed by atoms with Gasteiger partial charge in [-0.1, -0.05) is 12.1 Å². The third-order valence-electron chi connectivity index (χ3n) is 3.77. The van der Waals surface area contributed by atoms with Crippen LogP contribution in [-0.2, 0) is 6.18 Å². The lowest BCUT2D eigenvalue weighted by Gasteiger charge is -2.12. The molecule has 0 spiro atoms. The fourth-order valence-corrected chi connectivity index (χ4v) is 2.50. The van der Waals surface area contributed by atoms with Crippen LogP contribution in [0.4, 0.5) is 19.0 Å². The highest BCUT2D eigenvalue weighted by molar-refractivity contribution is 5.78. The van der Waals surface area contributed by atoms with Crippen LogP contribution >= 0.6 is 0 Å². The van der Waals surface area contributed by atoms with Gasteiger partial charge >= 0.3 is 6.18 Å². The Bertz CT molecular complexity index is 870. The molecule has 5 nitrogen and oxygen atoms in total. The first kappa shape index (κ1) is 17.2. The molecule has 0 amide bonds. The Morgan fingerprint density at radius 1 is 1.20 bits per heavy atom. The van der Waals surface area contributed by atoms with Crippen LogP contribution in [0, 0.1) is 0 Å². The fraction of sp³-hybridized carbons (Fsp3) is 0.294. The fourth-order valence-electron chi connectivity index (χ4n) is 2.50. The Kier molecular flexibility index (Phi) is 4.63. The van der Waals surface area contributed by atoms with Gasteiger partial charge in [-0.05, 0) is 37.9 Å². The van der Waals surface area contributed by atoms with Gasteiger partial charge in [0.05, 0.1) is 11.8 Å². The minimum absolute atomic E-state index is 0.433. The summed E-state index contributed by atoms with van der Waals surface area (Å²) in [4.78, 5) is 6.33. The van der Waals surface area contributed by atoms with E-state index in [9.17, 15) is 13.2 Å². The lowest BCUT2D eigenvalue weighted by atomic mass is 10.1. The average Bonchev–Trinajstić information content (AvgIpc) is 2.99. The molecule has 0 aliphatic rings. The predicted octanol–water partition coefficient (Wildman–Crippen LogP) is 3.39. The van der Waals surface area contributed by atoms with Gasteiger partial charge in [0, 0.05) is 24.8 Å². The molecule has 0 aliphatic heterocycles. The lowest BCUT2D eigenvalue weighted by molar-refractivity contribution is -0.137. The highest BCUT2D eigenvalue weighted by Gasteiger charge is 2.30. The summed E-state index contributed by atoms with van der Waals surface area (Å²) in [6.45, 7) is 1.55. The minimum Gasteiger partial charge on any atom is -0.369 e. The molecule has 0 fully saturated rings. The minimum atomic E-state index is -4.38. The summed E-state index contributed by atoms with van der Waals surface area (Å²) in [5.74, 6) is 0.741. The van der Waals surface area contributed by atoms with E-state index < -0.39 is 11.7 Å². The molecule has 2 aromatic heterocycles. The number of rotatable bonds is 5. The van der Waals surface area contributed by atoms with Gasteiger partial charge in [-0.3, -0.25) is 0 Å². The molecule has 0 radical (unpaired) electrons. The van der Waals surface area contributed by atoms with Gasteiger partial charge < -0.3 is 10.2 Å². The topological polar surface area (TPSA) is 45.5 Å². The first-order valence-electron chi connectivity index (χ1n) is 7.75. The van der Waals surface area contributed by atoms with Gasteiger partial charge in [0.1, 0.15) is 5.82 Å². The maximum Gasteiger partial charge on any atom is 0.416 e. The monoisotopic (exact) mass is 349 g/mol. The third kappa shape index (κ3) is 3.74. The number of nitrogens with one attached hydrogen (secondary N) is 1. The zero-order valence-electron chi connectivity index (χ0n) is 13.9. The van der Waals surface area contributed by atoms with Crippen LogP contribution in [0.1, 0.15) is 5.56 Å². The first-order chi connectivity index (χ1) is 11.9. The molecule has 2 heterocycles. The SMILES string of the molecule is CN(C)CCNc1ccnc2c(-c3cccc(C(F)(F)F)c3)cnn12. The summed E-state index contributed by atoms with van der Waals surface area (Å²) in [6.07, 6.45) is -1.23. The molecule has 3 aromatic rings. The summed E-state index contributed by atoms with van der Waals surface area (Å²) < 4.78 is 40.4. The molecule has 0 aliphatic carbocycles. The van der Waals surface area contributed by atoms with E-state index >= 15 is 0 Å². The number of halogens is 3. The number of fused-ring (bicyclic) bond motifs is 1.